The maximum atomic E-state index is 12.1. The summed E-state index contributed by atoms with van der Waals surface area (Å²) >= 11 is 1.22. The third-order valence-electron chi connectivity index (χ3n) is 3.39. The molecule has 0 spiro atoms. The highest BCUT2D eigenvalue weighted by Crippen LogP contribution is 2.16. The topological polar surface area (TPSA) is 94.1 Å². The Morgan fingerprint density at radius 2 is 1.92 bits per heavy atom. The number of benzene rings is 1. The predicted octanol–water partition coefficient (Wildman–Crippen LogP) is 2.51. The Balaban J connectivity index is 1.96. The Hall–Kier alpha value is -2.48. The lowest BCUT2D eigenvalue weighted by Gasteiger charge is -2.07. The molecule has 0 atom stereocenters. The molecule has 0 bridgehead atoms. The summed E-state index contributed by atoms with van der Waals surface area (Å²) in [6.45, 7) is 4.02. The summed E-state index contributed by atoms with van der Waals surface area (Å²) in [7, 11) is 1.31. The van der Waals surface area contributed by atoms with Gasteiger partial charge in [-0.05, 0) is 31.0 Å². The summed E-state index contributed by atoms with van der Waals surface area (Å²) in [5.41, 5.74) is 2.70. The molecule has 0 aliphatic carbocycles. The lowest BCUT2D eigenvalue weighted by Crippen LogP contribution is -2.15. The summed E-state index contributed by atoms with van der Waals surface area (Å²) in [4.78, 5) is 28.0. The molecule has 2 rings (SSSR count). The lowest BCUT2D eigenvalue weighted by atomic mass is 10.2. The number of aryl methyl sites for hydroxylation is 2. The standard InChI is InChI=1S/C17H20N4O3S/c1-4-13-14(5-2)20-21-17(19-13)25-10-15(22)18-12-8-6-7-11(9-12)16(23)24-3/h6-9H,4-5,10H2,1-3H3,(H,18,22). The number of rotatable bonds is 7. The molecule has 0 unspecified atom stereocenters. The number of thioether (sulfide) groups is 1. The van der Waals surface area contributed by atoms with E-state index in [0.717, 1.165) is 24.2 Å². The third kappa shape index (κ3) is 5.25. The van der Waals surface area contributed by atoms with Gasteiger partial charge in [-0.25, -0.2) is 9.78 Å². The lowest BCUT2D eigenvalue weighted by molar-refractivity contribution is -0.113. The SMILES string of the molecule is CCc1nnc(SCC(=O)Nc2cccc(C(=O)OC)c2)nc1CC. The largest absolute Gasteiger partial charge is 0.465 e. The number of amides is 1. The molecular formula is C17H20N4O3S. The molecule has 1 aromatic carbocycles. The average Bonchev–Trinajstić information content (AvgIpc) is 2.65. The second-order valence-corrected chi connectivity index (χ2v) is 6.05. The Morgan fingerprint density at radius 3 is 2.60 bits per heavy atom. The Labute approximate surface area is 150 Å². The predicted molar refractivity (Wildman–Crippen MR) is 95.7 cm³/mol. The minimum atomic E-state index is -0.451. The van der Waals surface area contributed by atoms with Gasteiger partial charge in [-0.1, -0.05) is 31.7 Å². The number of carbonyl (C=O) groups excluding carboxylic acids is 2. The molecule has 132 valence electrons. The number of hydrogen-bond donors (Lipinski definition) is 1. The second-order valence-electron chi connectivity index (χ2n) is 5.10. The number of hydrogen-bond acceptors (Lipinski definition) is 7. The number of nitrogens with zero attached hydrogens (tertiary/aromatic N) is 3. The van der Waals surface area contributed by atoms with Gasteiger partial charge in [0, 0.05) is 5.69 Å². The van der Waals surface area contributed by atoms with Gasteiger partial charge in [0.15, 0.2) is 0 Å². The molecule has 0 saturated heterocycles. The van der Waals surface area contributed by atoms with E-state index < -0.39 is 5.97 Å². The average molecular weight is 360 g/mol. The quantitative estimate of drug-likeness (QED) is 0.599. The van der Waals surface area contributed by atoms with Crippen molar-refractivity contribution in [3.8, 4) is 0 Å². The van der Waals surface area contributed by atoms with Crippen LogP contribution in [0.15, 0.2) is 29.4 Å². The molecule has 1 aromatic heterocycles. The van der Waals surface area contributed by atoms with Crippen LogP contribution in [0, 0.1) is 0 Å². The first-order valence-corrected chi connectivity index (χ1v) is 8.89. The van der Waals surface area contributed by atoms with Crippen LogP contribution in [-0.2, 0) is 22.4 Å². The zero-order chi connectivity index (χ0) is 18.2. The first kappa shape index (κ1) is 18.9. The van der Waals surface area contributed by atoms with Gasteiger partial charge in [0.25, 0.3) is 0 Å². The molecule has 0 aliphatic heterocycles. The summed E-state index contributed by atoms with van der Waals surface area (Å²) in [6, 6.07) is 6.58. The van der Waals surface area contributed by atoms with E-state index in [-0.39, 0.29) is 11.7 Å². The van der Waals surface area contributed by atoms with Crippen molar-refractivity contribution in [3.05, 3.63) is 41.2 Å². The first-order chi connectivity index (χ1) is 12.1. The minimum Gasteiger partial charge on any atom is -0.465 e. The molecule has 2 aromatic rings. The molecule has 7 nitrogen and oxygen atoms in total. The van der Waals surface area contributed by atoms with Gasteiger partial charge < -0.3 is 10.1 Å². The van der Waals surface area contributed by atoms with Crippen LogP contribution < -0.4 is 5.32 Å². The summed E-state index contributed by atoms with van der Waals surface area (Å²) in [6.07, 6.45) is 1.56. The molecule has 1 amide bonds. The zero-order valence-electron chi connectivity index (χ0n) is 14.4. The molecule has 1 N–H and O–H groups in total. The summed E-state index contributed by atoms with van der Waals surface area (Å²) in [5, 5.41) is 11.4. The van der Waals surface area contributed by atoms with Gasteiger partial charge in [-0.2, -0.15) is 5.10 Å². The number of aromatic nitrogens is 3. The normalized spacial score (nSPS) is 10.4. The fourth-order valence-corrected chi connectivity index (χ4v) is 2.76. The number of esters is 1. The number of nitrogens with one attached hydrogen (secondary N) is 1. The monoisotopic (exact) mass is 360 g/mol. The van der Waals surface area contributed by atoms with E-state index in [1.807, 2.05) is 13.8 Å². The van der Waals surface area contributed by atoms with Crippen molar-refractivity contribution in [2.45, 2.75) is 31.8 Å². The highest BCUT2D eigenvalue weighted by atomic mass is 32.2. The van der Waals surface area contributed by atoms with Gasteiger partial charge in [-0.3, -0.25) is 4.79 Å². The van der Waals surface area contributed by atoms with Gasteiger partial charge in [-0.15, -0.1) is 5.10 Å². The van der Waals surface area contributed by atoms with Gasteiger partial charge in [0.05, 0.1) is 29.8 Å². The Morgan fingerprint density at radius 1 is 1.16 bits per heavy atom. The van der Waals surface area contributed by atoms with Crippen molar-refractivity contribution in [1.29, 1.82) is 0 Å². The van der Waals surface area contributed by atoms with E-state index in [2.05, 4.69) is 25.2 Å². The second kappa shape index (κ2) is 9.12. The van der Waals surface area contributed by atoms with Crippen molar-refractivity contribution in [1.82, 2.24) is 15.2 Å². The third-order valence-corrected chi connectivity index (χ3v) is 4.23. The van der Waals surface area contributed by atoms with Gasteiger partial charge in [0.2, 0.25) is 11.1 Å². The number of methoxy groups -OCH3 is 1. The fraction of sp³-hybridized carbons (Fsp3) is 0.353. The van der Waals surface area contributed by atoms with E-state index in [9.17, 15) is 9.59 Å². The van der Waals surface area contributed by atoms with Crippen LogP contribution in [0.4, 0.5) is 5.69 Å². The van der Waals surface area contributed by atoms with Crippen molar-refractivity contribution in [3.63, 3.8) is 0 Å². The fourth-order valence-electron chi connectivity index (χ4n) is 2.15. The van der Waals surface area contributed by atoms with Crippen LogP contribution in [0.3, 0.4) is 0 Å². The molecule has 0 saturated carbocycles. The van der Waals surface area contributed by atoms with Crippen LogP contribution >= 0.6 is 11.8 Å². The van der Waals surface area contributed by atoms with E-state index in [0.29, 0.717) is 16.4 Å². The molecule has 1 heterocycles. The van der Waals surface area contributed by atoms with E-state index >= 15 is 0 Å². The molecule has 8 heteroatoms. The van der Waals surface area contributed by atoms with E-state index in [1.54, 1.807) is 24.3 Å². The van der Waals surface area contributed by atoms with Crippen LogP contribution in [-0.4, -0.2) is 39.9 Å². The number of carbonyl (C=O) groups is 2. The summed E-state index contributed by atoms with van der Waals surface area (Å²) in [5.74, 6) is -0.514. The van der Waals surface area contributed by atoms with Crippen molar-refractivity contribution in [2.24, 2.45) is 0 Å². The Bertz CT molecular complexity index is 767. The molecule has 0 radical (unpaired) electrons. The number of ether oxygens (including phenoxy) is 1. The molecule has 25 heavy (non-hydrogen) atoms. The molecular weight excluding hydrogens is 340 g/mol. The molecule has 0 aliphatic rings. The number of anilines is 1. The van der Waals surface area contributed by atoms with Gasteiger partial charge >= 0.3 is 5.97 Å². The van der Waals surface area contributed by atoms with Crippen LogP contribution in [0.1, 0.15) is 35.6 Å². The van der Waals surface area contributed by atoms with Crippen molar-refractivity contribution in [2.75, 3.05) is 18.2 Å². The first-order valence-electron chi connectivity index (χ1n) is 7.90. The van der Waals surface area contributed by atoms with Gasteiger partial charge in [0.1, 0.15) is 0 Å². The maximum absolute atomic E-state index is 12.1. The maximum Gasteiger partial charge on any atom is 0.337 e. The smallest absolute Gasteiger partial charge is 0.337 e. The van der Waals surface area contributed by atoms with E-state index in [4.69, 9.17) is 0 Å². The van der Waals surface area contributed by atoms with Crippen LogP contribution in [0.5, 0.6) is 0 Å². The van der Waals surface area contributed by atoms with Crippen molar-refractivity contribution >= 4 is 29.3 Å². The van der Waals surface area contributed by atoms with Crippen molar-refractivity contribution < 1.29 is 14.3 Å². The zero-order valence-corrected chi connectivity index (χ0v) is 15.2. The highest BCUT2D eigenvalue weighted by molar-refractivity contribution is 7.99. The van der Waals surface area contributed by atoms with Crippen LogP contribution in [0.25, 0.3) is 0 Å². The highest BCUT2D eigenvalue weighted by Gasteiger charge is 2.11. The van der Waals surface area contributed by atoms with Crippen LogP contribution in [0.2, 0.25) is 0 Å². The summed E-state index contributed by atoms with van der Waals surface area (Å²) < 4.78 is 4.66. The Kier molecular flexibility index (Phi) is 6.88. The van der Waals surface area contributed by atoms with E-state index in [1.165, 1.54) is 18.9 Å². The molecule has 0 fully saturated rings. The minimum absolute atomic E-state index is 0.152.